The first-order chi connectivity index (χ1) is 12.7. The zero-order valence-electron chi connectivity index (χ0n) is 13.9. The molecule has 6 heteroatoms. The highest BCUT2D eigenvalue weighted by Gasteiger charge is 2.27. The largest absolute Gasteiger partial charge is 0.494 e. The summed E-state index contributed by atoms with van der Waals surface area (Å²) < 4.78 is 11.8. The molecule has 0 fully saturated rings. The highest BCUT2D eigenvalue weighted by Crippen LogP contribution is 2.37. The Morgan fingerprint density at radius 1 is 1.19 bits per heavy atom. The van der Waals surface area contributed by atoms with E-state index in [-0.39, 0.29) is 11.6 Å². The smallest absolute Gasteiger partial charge is 0.363 e. The van der Waals surface area contributed by atoms with Crippen LogP contribution in [-0.4, -0.2) is 18.5 Å². The topological polar surface area (TPSA) is 47.9 Å². The molecule has 1 aromatic heterocycles. The van der Waals surface area contributed by atoms with E-state index in [0.29, 0.717) is 16.5 Å². The summed E-state index contributed by atoms with van der Waals surface area (Å²) in [6.45, 7) is 2.54. The van der Waals surface area contributed by atoms with Gasteiger partial charge in [0.1, 0.15) is 10.6 Å². The fraction of sp³-hybridized carbons (Fsp3) is 0.100. The third-order valence-corrected chi connectivity index (χ3v) is 5.51. The van der Waals surface area contributed by atoms with E-state index in [1.165, 1.54) is 11.3 Å². The van der Waals surface area contributed by atoms with Crippen molar-refractivity contribution in [1.82, 2.24) is 0 Å². The van der Waals surface area contributed by atoms with E-state index in [0.717, 1.165) is 21.4 Å². The van der Waals surface area contributed by atoms with Crippen molar-refractivity contribution in [2.45, 2.75) is 6.92 Å². The maximum absolute atomic E-state index is 12.2. The van der Waals surface area contributed by atoms with Crippen LogP contribution in [0.5, 0.6) is 5.75 Å². The molecular weight excluding hydrogens is 370 g/mol. The number of aliphatic imine (C=N–C) groups is 1. The Bertz CT molecular complexity index is 1050. The Morgan fingerprint density at radius 2 is 1.96 bits per heavy atom. The molecule has 0 bridgehead atoms. The van der Waals surface area contributed by atoms with Gasteiger partial charge in [0.15, 0.2) is 5.70 Å². The van der Waals surface area contributed by atoms with E-state index in [4.69, 9.17) is 21.1 Å². The van der Waals surface area contributed by atoms with Gasteiger partial charge in [-0.25, -0.2) is 9.79 Å². The number of ether oxygens (including phenoxy) is 2. The number of esters is 1. The third kappa shape index (κ3) is 3.11. The molecule has 3 aromatic rings. The van der Waals surface area contributed by atoms with Crippen LogP contribution in [0.25, 0.3) is 16.2 Å². The van der Waals surface area contributed by atoms with Gasteiger partial charge in [-0.1, -0.05) is 41.9 Å². The molecule has 0 atom stereocenters. The first kappa shape index (κ1) is 16.8. The maximum atomic E-state index is 12.2. The van der Waals surface area contributed by atoms with Gasteiger partial charge in [0.05, 0.1) is 11.6 Å². The summed E-state index contributed by atoms with van der Waals surface area (Å²) in [7, 11) is 0. The number of thiophene rings is 1. The van der Waals surface area contributed by atoms with E-state index in [2.05, 4.69) is 4.99 Å². The molecule has 4 rings (SSSR count). The van der Waals surface area contributed by atoms with Crippen LogP contribution in [0.4, 0.5) is 0 Å². The highest BCUT2D eigenvalue weighted by molar-refractivity contribution is 7.21. The molecule has 1 aliphatic heterocycles. The van der Waals surface area contributed by atoms with Crippen molar-refractivity contribution in [2.24, 2.45) is 4.99 Å². The zero-order valence-corrected chi connectivity index (χ0v) is 15.4. The average molecular weight is 384 g/mol. The molecule has 0 N–H and O–H groups in total. The molecule has 2 aromatic carbocycles. The average Bonchev–Trinajstić information content (AvgIpc) is 3.18. The molecule has 1 aliphatic rings. The van der Waals surface area contributed by atoms with Gasteiger partial charge < -0.3 is 9.47 Å². The van der Waals surface area contributed by atoms with Crippen LogP contribution in [-0.2, 0) is 9.53 Å². The highest BCUT2D eigenvalue weighted by atomic mass is 35.5. The fourth-order valence-electron chi connectivity index (χ4n) is 2.64. The van der Waals surface area contributed by atoms with Gasteiger partial charge in [-0.3, -0.25) is 0 Å². The first-order valence-electron chi connectivity index (χ1n) is 8.08. The zero-order chi connectivity index (χ0) is 18.1. The quantitative estimate of drug-likeness (QED) is 0.453. The molecule has 0 amide bonds. The molecule has 0 unspecified atom stereocenters. The lowest BCUT2D eigenvalue weighted by Crippen LogP contribution is -2.04. The number of cyclic esters (lactones) is 1. The summed E-state index contributed by atoms with van der Waals surface area (Å²) in [6.07, 6.45) is 1.69. The molecule has 0 saturated carbocycles. The van der Waals surface area contributed by atoms with Gasteiger partial charge in [-0.15, -0.1) is 11.3 Å². The monoisotopic (exact) mass is 383 g/mol. The van der Waals surface area contributed by atoms with Gasteiger partial charge in [0.2, 0.25) is 5.90 Å². The van der Waals surface area contributed by atoms with Crippen molar-refractivity contribution in [3.63, 3.8) is 0 Å². The van der Waals surface area contributed by atoms with E-state index >= 15 is 0 Å². The predicted molar refractivity (Wildman–Crippen MR) is 105 cm³/mol. The SMILES string of the molecule is CCOc1ccc(C=C2N=C(c3sc4ccccc4c3Cl)OC2=O)cc1. The number of nitrogens with zero attached hydrogens (tertiary/aromatic N) is 1. The number of hydrogen-bond donors (Lipinski definition) is 0. The van der Waals surface area contributed by atoms with Gasteiger partial charge in [-0.05, 0) is 36.8 Å². The second-order valence-corrected chi connectivity index (χ2v) is 7.01. The minimum atomic E-state index is -0.484. The number of benzene rings is 2. The number of rotatable bonds is 4. The molecule has 26 heavy (non-hydrogen) atoms. The minimum absolute atomic E-state index is 0.248. The Balaban J connectivity index is 1.67. The van der Waals surface area contributed by atoms with Crippen molar-refractivity contribution < 1.29 is 14.3 Å². The van der Waals surface area contributed by atoms with Crippen LogP contribution >= 0.6 is 22.9 Å². The van der Waals surface area contributed by atoms with Crippen LogP contribution in [0.15, 0.2) is 59.2 Å². The van der Waals surface area contributed by atoms with Crippen molar-refractivity contribution >= 4 is 51.0 Å². The lowest BCUT2D eigenvalue weighted by atomic mass is 10.2. The fourth-order valence-corrected chi connectivity index (χ4v) is 4.08. The third-order valence-electron chi connectivity index (χ3n) is 3.84. The van der Waals surface area contributed by atoms with E-state index in [9.17, 15) is 4.79 Å². The number of carbonyl (C=O) groups is 1. The molecule has 0 aliphatic carbocycles. The summed E-state index contributed by atoms with van der Waals surface area (Å²) >= 11 is 7.90. The molecule has 0 radical (unpaired) electrons. The van der Waals surface area contributed by atoms with Crippen molar-refractivity contribution in [3.05, 3.63) is 69.7 Å². The number of fused-ring (bicyclic) bond motifs is 1. The van der Waals surface area contributed by atoms with E-state index in [1.807, 2.05) is 55.5 Å². The molecular formula is C20H14ClNO3S. The van der Waals surface area contributed by atoms with Gasteiger partial charge in [0.25, 0.3) is 0 Å². The van der Waals surface area contributed by atoms with E-state index < -0.39 is 5.97 Å². The van der Waals surface area contributed by atoms with Crippen molar-refractivity contribution in [1.29, 1.82) is 0 Å². The Hall–Kier alpha value is -2.63. The summed E-state index contributed by atoms with van der Waals surface area (Å²) in [5.74, 6) is 0.547. The minimum Gasteiger partial charge on any atom is -0.494 e. The van der Waals surface area contributed by atoms with Gasteiger partial charge >= 0.3 is 5.97 Å². The molecule has 0 saturated heterocycles. The molecule has 2 heterocycles. The van der Waals surface area contributed by atoms with Crippen LogP contribution in [0.2, 0.25) is 5.02 Å². The summed E-state index contributed by atoms with van der Waals surface area (Å²) in [4.78, 5) is 17.2. The normalized spacial score (nSPS) is 15.4. The molecule has 130 valence electrons. The number of halogens is 1. The Morgan fingerprint density at radius 3 is 2.69 bits per heavy atom. The van der Waals surface area contributed by atoms with Crippen LogP contribution in [0.3, 0.4) is 0 Å². The Kier molecular flexibility index (Phi) is 4.49. The lowest BCUT2D eigenvalue weighted by Gasteiger charge is -2.02. The predicted octanol–water partition coefficient (Wildman–Crippen LogP) is 5.30. The maximum Gasteiger partial charge on any atom is 0.363 e. The van der Waals surface area contributed by atoms with Gasteiger partial charge in [0, 0.05) is 10.1 Å². The number of carbonyl (C=O) groups excluding carboxylic acids is 1. The second-order valence-electron chi connectivity index (χ2n) is 5.58. The van der Waals surface area contributed by atoms with Crippen molar-refractivity contribution in [2.75, 3.05) is 6.61 Å². The van der Waals surface area contributed by atoms with Crippen LogP contribution < -0.4 is 4.74 Å². The molecule has 4 nitrogen and oxygen atoms in total. The Labute approximate surface area is 159 Å². The summed E-state index contributed by atoms with van der Waals surface area (Å²) in [6, 6.07) is 15.2. The van der Waals surface area contributed by atoms with Gasteiger partial charge in [-0.2, -0.15) is 0 Å². The standard InChI is InChI=1S/C20H14ClNO3S/c1-2-24-13-9-7-12(8-10-13)11-15-20(23)25-19(22-15)18-17(21)14-5-3-4-6-16(14)26-18/h3-11H,2H2,1H3. The summed E-state index contributed by atoms with van der Waals surface area (Å²) in [5, 5.41) is 1.48. The van der Waals surface area contributed by atoms with Crippen molar-refractivity contribution in [3.8, 4) is 5.75 Å². The van der Waals surface area contributed by atoms with E-state index in [1.54, 1.807) is 6.08 Å². The summed E-state index contributed by atoms with van der Waals surface area (Å²) in [5.41, 5.74) is 1.09. The van der Waals surface area contributed by atoms with Crippen LogP contribution in [0.1, 0.15) is 17.4 Å². The molecule has 0 spiro atoms. The van der Waals surface area contributed by atoms with Crippen LogP contribution in [0, 0.1) is 0 Å². The number of hydrogen-bond acceptors (Lipinski definition) is 5. The second kappa shape index (κ2) is 6.94. The first-order valence-corrected chi connectivity index (χ1v) is 9.28. The lowest BCUT2D eigenvalue weighted by molar-refractivity contribution is -0.129.